The highest BCUT2D eigenvalue weighted by molar-refractivity contribution is 5.83. The Hall–Kier alpha value is -2.56. The minimum absolute atomic E-state index is 0.280. The summed E-state index contributed by atoms with van der Waals surface area (Å²) in [4.78, 5) is 24.3. The van der Waals surface area contributed by atoms with Crippen LogP contribution in [-0.4, -0.2) is 24.6 Å². The van der Waals surface area contributed by atoms with E-state index in [1.807, 2.05) is 13.0 Å². The van der Waals surface area contributed by atoms with Crippen molar-refractivity contribution in [2.75, 3.05) is 6.61 Å². The summed E-state index contributed by atoms with van der Waals surface area (Å²) in [5, 5.41) is 0. The molecule has 0 N–H and O–H groups in total. The Morgan fingerprint density at radius 1 is 1.23 bits per heavy atom. The van der Waals surface area contributed by atoms with Gasteiger partial charge < -0.3 is 14.2 Å². The molecule has 0 saturated heterocycles. The summed E-state index contributed by atoms with van der Waals surface area (Å²) in [5.74, 6) is -1.22. The molecule has 5 nitrogen and oxygen atoms in total. The maximum absolute atomic E-state index is 12.1. The van der Waals surface area contributed by atoms with Gasteiger partial charge in [-0.1, -0.05) is 43.3 Å². The normalized spacial score (nSPS) is 17.4. The fourth-order valence-electron chi connectivity index (χ4n) is 1.86. The fraction of sp³-hybridized carbons (Fsp3) is 0.294. The first-order valence-electron chi connectivity index (χ1n) is 7.13. The lowest BCUT2D eigenvalue weighted by Crippen LogP contribution is -2.29. The van der Waals surface area contributed by atoms with Crippen LogP contribution in [0.25, 0.3) is 0 Å². The van der Waals surface area contributed by atoms with Crippen LogP contribution in [0.3, 0.4) is 0 Å². The van der Waals surface area contributed by atoms with E-state index in [4.69, 9.17) is 14.2 Å². The van der Waals surface area contributed by atoms with Crippen LogP contribution in [0.5, 0.6) is 0 Å². The summed E-state index contributed by atoms with van der Waals surface area (Å²) >= 11 is 0. The number of hydrogen-bond acceptors (Lipinski definition) is 5. The average Bonchev–Trinajstić information content (AvgIpc) is 2.59. The van der Waals surface area contributed by atoms with Gasteiger partial charge in [0.2, 0.25) is 12.2 Å². The van der Waals surface area contributed by atoms with Gasteiger partial charge in [-0.3, -0.25) is 0 Å². The molecule has 116 valence electrons. The van der Waals surface area contributed by atoms with E-state index in [1.54, 1.807) is 42.5 Å². The molecule has 1 aliphatic rings. The maximum atomic E-state index is 12.1. The van der Waals surface area contributed by atoms with E-state index in [0.717, 1.165) is 0 Å². The van der Waals surface area contributed by atoms with Gasteiger partial charge in [0.05, 0.1) is 12.9 Å². The molecule has 0 radical (unpaired) electrons. The Kier molecular flexibility index (Phi) is 5.77. The third-order valence-corrected chi connectivity index (χ3v) is 2.93. The minimum atomic E-state index is -1.09. The monoisotopic (exact) mass is 302 g/mol. The largest absolute Gasteiger partial charge is 0.482 e. The van der Waals surface area contributed by atoms with Crippen molar-refractivity contribution in [1.82, 2.24) is 0 Å². The zero-order valence-electron chi connectivity index (χ0n) is 12.3. The van der Waals surface area contributed by atoms with Gasteiger partial charge in [-0.25, -0.2) is 9.59 Å². The summed E-state index contributed by atoms with van der Waals surface area (Å²) in [6.07, 6.45) is 5.05. The molecule has 22 heavy (non-hydrogen) atoms. The van der Waals surface area contributed by atoms with Gasteiger partial charge >= 0.3 is 11.9 Å². The number of rotatable bonds is 6. The first kappa shape index (κ1) is 15.8. The summed E-state index contributed by atoms with van der Waals surface area (Å²) in [6.45, 7) is 2.17. The zero-order valence-corrected chi connectivity index (χ0v) is 12.3. The average molecular weight is 302 g/mol. The molecule has 2 atom stereocenters. The highest BCUT2D eigenvalue weighted by atomic mass is 16.6. The Labute approximate surface area is 129 Å². The number of allylic oxidation sites excluding steroid dienone is 2. The van der Waals surface area contributed by atoms with Crippen molar-refractivity contribution in [1.29, 1.82) is 0 Å². The highest BCUT2D eigenvalue weighted by Gasteiger charge is 2.30. The van der Waals surface area contributed by atoms with E-state index in [1.165, 1.54) is 6.26 Å². The molecule has 0 bridgehead atoms. The molecule has 0 aliphatic carbocycles. The van der Waals surface area contributed by atoms with Crippen molar-refractivity contribution in [3.63, 3.8) is 0 Å². The predicted octanol–water partition coefficient (Wildman–Crippen LogP) is 2.69. The molecule has 1 aliphatic heterocycles. The molecule has 1 heterocycles. The molecular weight excluding hydrogens is 284 g/mol. The van der Waals surface area contributed by atoms with E-state index < -0.39 is 24.1 Å². The molecule has 1 aromatic rings. The van der Waals surface area contributed by atoms with Crippen LogP contribution in [0.1, 0.15) is 25.0 Å². The molecule has 0 aromatic heterocycles. The third kappa shape index (κ3) is 4.22. The number of carbonyl (C=O) groups is 2. The predicted molar refractivity (Wildman–Crippen MR) is 79.7 cm³/mol. The second-order valence-corrected chi connectivity index (χ2v) is 4.67. The van der Waals surface area contributed by atoms with Crippen LogP contribution in [0, 0.1) is 0 Å². The topological polar surface area (TPSA) is 61.8 Å². The number of hydrogen-bond donors (Lipinski definition) is 0. The van der Waals surface area contributed by atoms with Gasteiger partial charge in [0.15, 0.2) is 0 Å². The Balaban J connectivity index is 2.10. The van der Waals surface area contributed by atoms with Gasteiger partial charge in [-0.2, -0.15) is 0 Å². The van der Waals surface area contributed by atoms with Crippen LogP contribution in [0.15, 0.2) is 54.8 Å². The standard InChI is InChI=1S/C17H18O5/c1-2-11-21-17(19)15(13-8-4-3-5-9-13)22-16(18)14-10-6-7-12-20-14/h3-10,12,14-15H,2,11H2,1H3. The Bertz CT molecular complexity index is 562. The first-order chi connectivity index (χ1) is 10.7. The van der Waals surface area contributed by atoms with Crippen molar-refractivity contribution in [3.8, 4) is 0 Å². The number of ether oxygens (including phenoxy) is 3. The second kappa shape index (κ2) is 8.02. The minimum Gasteiger partial charge on any atom is -0.482 e. The van der Waals surface area contributed by atoms with Gasteiger partial charge in [0.1, 0.15) is 0 Å². The van der Waals surface area contributed by atoms with Crippen LogP contribution < -0.4 is 0 Å². The Morgan fingerprint density at radius 3 is 2.64 bits per heavy atom. The summed E-state index contributed by atoms with van der Waals surface area (Å²) in [7, 11) is 0. The maximum Gasteiger partial charge on any atom is 0.352 e. The molecular formula is C17H18O5. The van der Waals surface area contributed by atoms with E-state index in [0.29, 0.717) is 12.0 Å². The van der Waals surface area contributed by atoms with Crippen molar-refractivity contribution >= 4 is 11.9 Å². The molecule has 0 fully saturated rings. The van der Waals surface area contributed by atoms with Crippen LogP contribution in [0.4, 0.5) is 0 Å². The quantitative estimate of drug-likeness (QED) is 0.756. The number of carbonyl (C=O) groups excluding carboxylic acids is 2. The molecule has 5 heteroatoms. The van der Waals surface area contributed by atoms with E-state index in [2.05, 4.69) is 0 Å². The lowest BCUT2D eigenvalue weighted by molar-refractivity contribution is -0.172. The molecule has 1 aromatic carbocycles. The first-order valence-corrected chi connectivity index (χ1v) is 7.13. The van der Waals surface area contributed by atoms with E-state index in [9.17, 15) is 9.59 Å². The highest BCUT2D eigenvalue weighted by Crippen LogP contribution is 2.21. The summed E-state index contributed by atoms with van der Waals surface area (Å²) in [6, 6.07) is 8.77. The number of esters is 2. The molecule has 0 amide bonds. The van der Waals surface area contributed by atoms with Crippen LogP contribution in [0.2, 0.25) is 0 Å². The lowest BCUT2D eigenvalue weighted by Gasteiger charge is -2.20. The van der Waals surface area contributed by atoms with Crippen molar-refractivity contribution in [2.45, 2.75) is 25.6 Å². The van der Waals surface area contributed by atoms with Crippen LogP contribution in [-0.2, 0) is 23.8 Å². The molecule has 2 rings (SSSR count). The van der Waals surface area contributed by atoms with Gasteiger partial charge in [-0.15, -0.1) is 0 Å². The fourth-order valence-corrected chi connectivity index (χ4v) is 1.86. The molecule has 2 unspecified atom stereocenters. The van der Waals surface area contributed by atoms with Gasteiger partial charge in [0, 0.05) is 5.56 Å². The van der Waals surface area contributed by atoms with Crippen molar-refractivity contribution < 1.29 is 23.8 Å². The zero-order chi connectivity index (χ0) is 15.8. The summed E-state index contributed by atoms with van der Waals surface area (Å²) in [5.41, 5.74) is 0.562. The van der Waals surface area contributed by atoms with Crippen LogP contribution >= 0.6 is 0 Å². The molecule has 0 spiro atoms. The smallest absolute Gasteiger partial charge is 0.352 e. The summed E-state index contributed by atoms with van der Waals surface area (Å²) < 4.78 is 15.6. The third-order valence-electron chi connectivity index (χ3n) is 2.93. The van der Waals surface area contributed by atoms with Crippen molar-refractivity contribution in [3.05, 3.63) is 60.4 Å². The van der Waals surface area contributed by atoms with Gasteiger partial charge in [0.25, 0.3) is 0 Å². The van der Waals surface area contributed by atoms with E-state index in [-0.39, 0.29) is 6.61 Å². The van der Waals surface area contributed by atoms with E-state index >= 15 is 0 Å². The van der Waals surface area contributed by atoms with Crippen molar-refractivity contribution in [2.24, 2.45) is 0 Å². The Morgan fingerprint density at radius 2 is 2.00 bits per heavy atom. The van der Waals surface area contributed by atoms with Gasteiger partial charge in [-0.05, 0) is 18.6 Å². The molecule has 0 saturated carbocycles. The second-order valence-electron chi connectivity index (χ2n) is 4.67. The lowest BCUT2D eigenvalue weighted by atomic mass is 10.1. The number of benzene rings is 1. The SMILES string of the molecule is CCCOC(=O)C(OC(=O)C1C=CC=CO1)c1ccccc1.